The molecule has 146 valence electrons. The first-order valence-corrected chi connectivity index (χ1v) is 10.4. The Morgan fingerprint density at radius 2 is 1.73 bits per heavy atom. The zero-order valence-corrected chi connectivity index (χ0v) is 16.9. The molecule has 30 heavy (non-hydrogen) atoms. The van der Waals surface area contributed by atoms with Crippen LogP contribution in [0.15, 0.2) is 71.1 Å². The fraction of sp³-hybridized carbons (Fsp3) is 0.0870. The lowest BCUT2D eigenvalue weighted by atomic mass is 10.1. The number of aryl methyl sites for hydroxylation is 1. The van der Waals surface area contributed by atoms with Crippen molar-refractivity contribution in [1.82, 2.24) is 19.8 Å². The summed E-state index contributed by atoms with van der Waals surface area (Å²) in [5.74, 6) is 2.13. The van der Waals surface area contributed by atoms with Crippen LogP contribution in [0, 0.1) is 6.92 Å². The van der Waals surface area contributed by atoms with Crippen molar-refractivity contribution >= 4 is 38.0 Å². The molecule has 0 aliphatic rings. The molecule has 0 aliphatic heterocycles. The van der Waals surface area contributed by atoms with E-state index in [9.17, 15) is 0 Å². The van der Waals surface area contributed by atoms with Gasteiger partial charge < -0.3 is 9.15 Å². The van der Waals surface area contributed by atoms with Crippen molar-refractivity contribution in [2.24, 2.45) is 0 Å². The highest BCUT2D eigenvalue weighted by Gasteiger charge is 2.20. The first-order chi connectivity index (χ1) is 14.8. The highest BCUT2D eigenvalue weighted by molar-refractivity contribution is 7.16. The van der Waals surface area contributed by atoms with E-state index in [0.29, 0.717) is 23.2 Å². The van der Waals surface area contributed by atoms with Gasteiger partial charge in [0, 0.05) is 16.3 Å². The van der Waals surface area contributed by atoms with E-state index >= 15 is 0 Å². The Hall–Kier alpha value is -3.71. The first kappa shape index (κ1) is 17.2. The average Bonchev–Trinajstić information content (AvgIpc) is 3.45. The lowest BCUT2D eigenvalue weighted by Crippen LogP contribution is -1.98. The van der Waals surface area contributed by atoms with Crippen LogP contribution < -0.4 is 4.74 Å². The van der Waals surface area contributed by atoms with E-state index in [0.717, 1.165) is 38.1 Å². The Balaban J connectivity index is 1.34. The van der Waals surface area contributed by atoms with Crippen LogP contribution in [-0.4, -0.2) is 19.8 Å². The molecule has 7 heteroatoms. The van der Waals surface area contributed by atoms with Gasteiger partial charge in [-0.3, -0.25) is 0 Å². The zero-order chi connectivity index (χ0) is 20.1. The van der Waals surface area contributed by atoms with Crippen LogP contribution in [0.3, 0.4) is 0 Å². The van der Waals surface area contributed by atoms with E-state index in [4.69, 9.17) is 9.15 Å². The van der Waals surface area contributed by atoms with E-state index in [1.165, 1.54) is 11.3 Å². The molecule has 0 radical (unpaired) electrons. The predicted molar refractivity (Wildman–Crippen MR) is 117 cm³/mol. The highest BCUT2D eigenvalue weighted by atomic mass is 32.1. The molecule has 0 saturated heterocycles. The molecule has 0 atom stereocenters. The molecule has 6 rings (SSSR count). The number of ether oxygens (including phenoxy) is 1. The Morgan fingerprint density at radius 1 is 0.933 bits per heavy atom. The van der Waals surface area contributed by atoms with Crippen molar-refractivity contribution in [2.45, 2.75) is 13.5 Å². The number of furan rings is 1. The van der Waals surface area contributed by atoms with Crippen molar-refractivity contribution in [3.05, 3.63) is 77.3 Å². The SMILES string of the molecule is Cc1c(-c2nnc3sc(COc4cccc5ccccc45)nn23)oc2ccccc12. The van der Waals surface area contributed by atoms with E-state index in [-0.39, 0.29) is 0 Å². The van der Waals surface area contributed by atoms with Gasteiger partial charge in [0.15, 0.2) is 10.8 Å². The molecule has 0 spiro atoms. The topological polar surface area (TPSA) is 65.5 Å². The molecular formula is C23H16N4O2S. The molecule has 6 nitrogen and oxygen atoms in total. The Morgan fingerprint density at radius 3 is 2.63 bits per heavy atom. The molecular weight excluding hydrogens is 396 g/mol. The molecule has 3 heterocycles. The van der Waals surface area contributed by atoms with Crippen LogP contribution in [0.25, 0.3) is 38.3 Å². The molecule has 0 unspecified atom stereocenters. The van der Waals surface area contributed by atoms with E-state index in [2.05, 4.69) is 33.5 Å². The molecule has 0 aliphatic carbocycles. The normalized spacial score (nSPS) is 11.6. The molecule has 6 aromatic rings. The van der Waals surface area contributed by atoms with Crippen molar-refractivity contribution in [3.63, 3.8) is 0 Å². The number of fused-ring (bicyclic) bond motifs is 3. The number of hydrogen-bond donors (Lipinski definition) is 0. The van der Waals surface area contributed by atoms with Gasteiger partial charge in [0.1, 0.15) is 17.9 Å². The summed E-state index contributed by atoms with van der Waals surface area (Å²) in [6, 6.07) is 22.2. The first-order valence-electron chi connectivity index (χ1n) is 9.58. The van der Waals surface area contributed by atoms with Gasteiger partial charge in [0.25, 0.3) is 0 Å². The van der Waals surface area contributed by atoms with Gasteiger partial charge in [0.2, 0.25) is 10.8 Å². The third-order valence-corrected chi connectivity index (χ3v) is 6.05. The smallest absolute Gasteiger partial charge is 0.235 e. The molecule has 0 amide bonds. The second-order valence-electron chi connectivity index (χ2n) is 7.03. The van der Waals surface area contributed by atoms with E-state index in [1.54, 1.807) is 4.52 Å². The van der Waals surface area contributed by atoms with Crippen LogP contribution >= 0.6 is 11.3 Å². The molecule has 0 saturated carbocycles. The van der Waals surface area contributed by atoms with Crippen molar-refractivity contribution in [3.8, 4) is 17.3 Å². The van der Waals surface area contributed by atoms with Gasteiger partial charge in [0.05, 0.1) is 0 Å². The summed E-state index contributed by atoms with van der Waals surface area (Å²) in [4.78, 5) is 0.710. The molecule has 3 aromatic heterocycles. The quantitative estimate of drug-likeness (QED) is 0.375. The van der Waals surface area contributed by atoms with Gasteiger partial charge in [-0.25, -0.2) is 0 Å². The zero-order valence-electron chi connectivity index (χ0n) is 16.1. The largest absolute Gasteiger partial charge is 0.486 e. The van der Waals surface area contributed by atoms with Crippen LogP contribution in [-0.2, 0) is 6.61 Å². The van der Waals surface area contributed by atoms with Crippen molar-refractivity contribution in [1.29, 1.82) is 0 Å². The summed E-state index contributed by atoms with van der Waals surface area (Å²) in [7, 11) is 0. The minimum absolute atomic E-state index is 0.362. The Bertz CT molecular complexity index is 1520. The number of aromatic nitrogens is 4. The maximum Gasteiger partial charge on any atom is 0.235 e. The van der Waals surface area contributed by atoms with Crippen LogP contribution in [0.5, 0.6) is 5.75 Å². The average molecular weight is 412 g/mol. The third kappa shape index (κ3) is 2.67. The summed E-state index contributed by atoms with van der Waals surface area (Å²) >= 11 is 1.46. The lowest BCUT2D eigenvalue weighted by molar-refractivity contribution is 0.308. The number of benzene rings is 3. The van der Waals surface area contributed by atoms with Gasteiger partial charge in [-0.1, -0.05) is 65.9 Å². The van der Waals surface area contributed by atoms with Gasteiger partial charge >= 0.3 is 0 Å². The predicted octanol–water partition coefficient (Wildman–Crippen LogP) is 5.64. The summed E-state index contributed by atoms with van der Waals surface area (Å²) in [5, 5.41) is 17.4. The second kappa shape index (κ2) is 6.67. The van der Waals surface area contributed by atoms with Gasteiger partial charge in [-0.05, 0) is 24.4 Å². The minimum atomic E-state index is 0.362. The van der Waals surface area contributed by atoms with E-state index in [1.807, 2.05) is 55.5 Å². The van der Waals surface area contributed by atoms with Crippen LogP contribution in [0.1, 0.15) is 10.6 Å². The van der Waals surface area contributed by atoms with Crippen LogP contribution in [0.2, 0.25) is 0 Å². The van der Waals surface area contributed by atoms with E-state index < -0.39 is 0 Å². The Kier molecular flexibility index (Phi) is 3.82. The fourth-order valence-electron chi connectivity index (χ4n) is 3.71. The summed E-state index contributed by atoms with van der Waals surface area (Å²) < 4.78 is 13.9. The molecule has 0 bridgehead atoms. The molecule has 0 N–H and O–H groups in total. The maximum absolute atomic E-state index is 6.08. The lowest BCUT2D eigenvalue weighted by Gasteiger charge is -2.07. The Labute approximate surface area is 175 Å². The van der Waals surface area contributed by atoms with Crippen molar-refractivity contribution in [2.75, 3.05) is 0 Å². The summed E-state index contributed by atoms with van der Waals surface area (Å²) in [6.07, 6.45) is 0. The standard InChI is InChI=1S/C23H16N4O2S/c1-14-16-9-4-5-11-19(16)29-21(14)22-24-25-23-27(22)26-20(30-23)13-28-18-12-6-8-15-7-2-3-10-17(15)18/h2-12H,13H2,1H3. The number of para-hydroxylation sites is 1. The summed E-state index contributed by atoms with van der Waals surface area (Å²) in [5.41, 5.74) is 1.86. The maximum atomic E-state index is 6.08. The number of nitrogens with zero attached hydrogens (tertiary/aromatic N) is 4. The third-order valence-electron chi connectivity index (χ3n) is 5.18. The highest BCUT2D eigenvalue weighted by Crippen LogP contribution is 2.33. The molecule has 3 aromatic carbocycles. The summed E-state index contributed by atoms with van der Waals surface area (Å²) in [6.45, 7) is 2.39. The van der Waals surface area contributed by atoms with Gasteiger partial charge in [-0.15, -0.1) is 10.2 Å². The van der Waals surface area contributed by atoms with Crippen LogP contribution in [0.4, 0.5) is 0 Å². The number of rotatable bonds is 4. The number of hydrogen-bond acceptors (Lipinski definition) is 6. The fourth-order valence-corrected chi connectivity index (χ4v) is 4.45. The van der Waals surface area contributed by atoms with Crippen molar-refractivity contribution < 1.29 is 9.15 Å². The second-order valence-corrected chi connectivity index (χ2v) is 8.07. The monoisotopic (exact) mass is 412 g/mol. The van der Waals surface area contributed by atoms with Gasteiger partial charge in [-0.2, -0.15) is 9.61 Å². The minimum Gasteiger partial charge on any atom is -0.486 e. The molecule has 0 fully saturated rings.